The maximum Gasteiger partial charge on any atom is 0.263 e. The second-order valence-corrected chi connectivity index (χ2v) is 5.93. The van der Waals surface area contributed by atoms with Crippen molar-refractivity contribution in [2.45, 2.75) is 18.4 Å². The average Bonchev–Trinajstić information content (AvgIpc) is 2.90. The Kier molecular flexibility index (Phi) is 2.67. The number of aliphatic imine (C=N–C) groups is 1. The number of fused-ring (bicyclic) bond motifs is 1. The molecule has 2 aromatic rings. The highest BCUT2D eigenvalue weighted by atomic mass is 32.2. The number of furan rings is 1. The molecule has 0 saturated carbocycles. The van der Waals surface area contributed by atoms with E-state index in [1.54, 1.807) is 24.3 Å². The first-order valence-corrected chi connectivity index (χ1v) is 7.26. The summed E-state index contributed by atoms with van der Waals surface area (Å²) in [7, 11) is -3.47. The molecule has 1 aliphatic rings. The Labute approximate surface area is 111 Å². The van der Waals surface area contributed by atoms with Crippen LogP contribution in [0.15, 0.2) is 50.7 Å². The summed E-state index contributed by atoms with van der Waals surface area (Å²) >= 11 is 0. The van der Waals surface area contributed by atoms with Crippen LogP contribution in [0, 0.1) is 6.92 Å². The van der Waals surface area contributed by atoms with Crippen LogP contribution in [0.3, 0.4) is 0 Å². The molecular formula is C13H12N2O3S. The molecule has 98 valence electrons. The number of rotatable bonds is 2. The molecule has 0 unspecified atom stereocenters. The van der Waals surface area contributed by atoms with Crippen molar-refractivity contribution in [1.82, 2.24) is 4.72 Å². The van der Waals surface area contributed by atoms with Gasteiger partial charge >= 0.3 is 0 Å². The van der Waals surface area contributed by atoms with E-state index in [9.17, 15) is 8.42 Å². The van der Waals surface area contributed by atoms with Gasteiger partial charge in [-0.3, -0.25) is 9.71 Å². The Bertz CT molecular complexity index is 760. The molecule has 19 heavy (non-hydrogen) atoms. The van der Waals surface area contributed by atoms with Gasteiger partial charge in [-0.15, -0.1) is 0 Å². The molecule has 3 rings (SSSR count). The molecule has 2 heterocycles. The van der Waals surface area contributed by atoms with Crippen LogP contribution < -0.4 is 4.72 Å². The number of sulfonamides is 1. The minimum atomic E-state index is -3.47. The molecule has 0 atom stereocenters. The molecule has 0 bridgehead atoms. The van der Waals surface area contributed by atoms with Gasteiger partial charge in [0.25, 0.3) is 10.0 Å². The molecule has 5 nitrogen and oxygen atoms in total. The summed E-state index contributed by atoms with van der Waals surface area (Å²) in [6.07, 6.45) is 0. The normalized spacial score (nSPS) is 18.3. The molecule has 0 spiro atoms. The van der Waals surface area contributed by atoms with E-state index in [2.05, 4.69) is 9.71 Å². The maximum atomic E-state index is 11.9. The number of amidine groups is 1. The van der Waals surface area contributed by atoms with E-state index in [4.69, 9.17) is 4.42 Å². The molecule has 1 N–H and O–H groups in total. The third kappa shape index (κ3) is 2.15. The fourth-order valence-corrected chi connectivity index (χ4v) is 3.23. The summed E-state index contributed by atoms with van der Waals surface area (Å²) in [4.78, 5) is 4.54. The molecule has 1 aliphatic heterocycles. The highest BCUT2D eigenvalue weighted by Crippen LogP contribution is 2.22. The van der Waals surface area contributed by atoms with Crippen molar-refractivity contribution < 1.29 is 12.8 Å². The van der Waals surface area contributed by atoms with Gasteiger partial charge in [-0.1, -0.05) is 12.1 Å². The highest BCUT2D eigenvalue weighted by Gasteiger charge is 2.29. The van der Waals surface area contributed by atoms with Crippen LogP contribution in [0.4, 0.5) is 0 Å². The van der Waals surface area contributed by atoms with E-state index in [0.29, 0.717) is 23.7 Å². The van der Waals surface area contributed by atoms with Crippen molar-refractivity contribution in [3.05, 3.63) is 53.5 Å². The molecule has 0 radical (unpaired) electrons. The van der Waals surface area contributed by atoms with Crippen molar-refractivity contribution >= 4 is 15.9 Å². The fourth-order valence-electron chi connectivity index (χ4n) is 1.98. The zero-order valence-electron chi connectivity index (χ0n) is 10.3. The number of nitrogens with one attached hydrogen (secondary N) is 1. The lowest BCUT2D eigenvalue weighted by molar-refractivity contribution is 0.486. The maximum absolute atomic E-state index is 11.9. The number of hydrogen-bond acceptors (Lipinski definition) is 4. The van der Waals surface area contributed by atoms with E-state index in [-0.39, 0.29) is 4.90 Å². The SMILES string of the molecule is Cc1ccc(CN=C2NS(=O)(=O)c3ccccc32)o1. The largest absolute Gasteiger partial charge is 0.464 e. The van der Waals surface area contributed by atoms with Gasteiger partial charge in [0.15, 0.2) is 0 Å². The van der Waals surface area contributed by atoms with Crippen molar-refractivity contribution in [3.8, 4) is 0 Å². The predicted molar refractivity (Wildman–Crippen MR) is 70.4 cm³/mol. The van der Waals surface area contributed by atoms with Crippen molar-refractivity contribution in [2.24, 2.45) is 4.99 Å². The molecule has 6 heteroatoms. The van der Waals surface area contributed by atoms with E-state index in [0.717, 1.165) is 5.76 Å². The lowest BCUT2D eigenvalue weighted by Crippen LogP contribution is -2.22. The standard InChI is InChI=1S/C13H12N2O3S/c1-9-6-7-10(18-9)8-14-13-11-4-2-3-5-12(11)19(16,17)15-13/h2-7H,8H2,1H3,(H,14,15). The smallest absolute Gasteiger partial charge is 0.263 e. The monoisotopic (exact) mass is 276 g/mol. The fraction of sp³-hybridized carbons (Fsp3) is 0.154. The Hall–Kier alpha value is -2.08. The zero-order valence-corrected chi connectivity index (χ0v) is 11.1. The summed E-state index contributed by atoms with van der Waals surface area (Å²) in [5, 5.41) is 0. The van der Waals surface area contributed by atoms with Gasteiger partial charge in [0.1, 0.15) is 17.4 Å². The van der Waals surface area contributed by atoms with Gasteiger partial charge in [0, 0.05) is 5.56 Å². The Morgan fingerprint density at radius 2 is 2.00 bits per heavy atom. The van der Waals surface area contributed by atoms with Crippen LogP contribution >= 0.6 is 0 Å². The summed E-state index contributed by atoms with van der Waals surface area (Å²) in [6.45, 7) is 2.16. The van der Waals surface area contributed by atoms with Crippen LogP contribution in [-0.4, -0.2) is 14.3 Å². The number of nitrogens with zero attached hydrogens (tertiary/aromatic N) is 1. The molecule has 1 aromatic carbocycles. The first kappa shape index (κ1) is 12.0. The number of benzene rings is 1. The van der Waals surface area contributed by atoms with E-state index in [1.165, 1.54) is 0 Å². The van der Waals surface area contributed by atoms with Gasteiger partial charge in [-0.2, -0.15) is 0 Å². The van der Waals surface area contributed by atoms with Gasteiger partial charge in [-0.05, 0) is 31.2 Å². The average molecular weight is 276 g/mol. The third-order valence-corrected chi connectivity index (χ3v) is 4.25. The summed E-state index contributed by atoms with van der Waals surface area (Å²) in [5.74, 6) is 1.88. The minimum Gasteiger partial charge on any atom is -0.464 e. The number of aryl methyl sites for hydroxylation is 1. The predicted octanol–water partition coefficient (Wildman–Crippen LogP) is 1.83. The lowest BCUT2D eigenvalue weighted by Gasteiger charge is -1.97. The van der Waals surface area contributed by atoms with Crippen LogP contribution in [0.2, 0.25) is 0 Å². The van der Waals surface area contributed by atoms with Gasteiger partial charge in [-0.25, -0.2) is 8.42 Å². The third-order valence-electron chi connectivity index (χ3n) is 2.85. The van der Waals surface area contributed by atoms with Crippen LogP contribution in [0.5, 0.6) is 0 Å². The van der Waals surface area contributed by atoms with Crippen LogP contribution in [0.25, 0.3) is 0 Å². The number of hydrogen-bond donors (Lipinski definition) is 1. The lowest BCUT2D eigenvalue weighted by atomic mass is 10.2. The summed E-state index contributed by atoms with van der Waals surface area (Å²) in [6, 6.07) is 10.5. The molecular weight excluding hydrogens is 264 g/mol. The summed E-state index contributed by atoms with van der Waals surface area (Å²) < 4.78 is 31.6. The van der Waals surface area contributed by atoms with E-state index >= 15 is 0 Å². The second kappa shape index (κ2) is 4.24. The quantitative estimate of drug-likeness (QED) is 0.909. The molecule has 0 saturated heterocycles. The van der Waals surface area contributed by atoms with Gasteiger partial charge in [0.2, 0.25) is 0 Å². The minimum absolute atomic E-state index is 0.268. The topological polar surface area (TPSA) is 71.7 Å². The van der Waals surface area contributed by atoms with E-state index < -0.39 is 10.0 Å². The van der Waals surface area contributed by atoms with Crippen molar-refractivity contribution in [1.29, 1.82) is 0 Å². The summed E-state index contributed by atoms with van der Waals surface area (Å²) in [5.41, 5.74) is 0.603. The second-order valence-electron chi connectivity index (χ2n) is 4.28. The Balaban J connectivity index is 1.95. The molecule has 0 amide bonds. The first-order valence-electron chi connectivity index (χ1n) is 5.78. The molecule has 1 aromatic heterocycles. The van der Waals surface area contributed by atoms with Crippen LogP contribution in [-0.2, 0) is 16.6 Å². The van der Waals surface area contributed by atoms with Gasteiger partial charge < -0.3 is 4.42 Å². The van der Waals surface area contributed by atoms with Gasteiger partial charge in [0.05, 0.1) is 11.4 Å². The Morgan fingerprint density at radius 3 is 2.74 bits per heavy atom. The van der Waals surface area contributed by atoms with E-state index in [1.807, 2.05) is 19.1 Å². The van der Waals surface area contributed by atoms with Crippen LogP contribution in [0.1, 0.15) is 17.1 Å². The van der Waals surface area contributed by atoms with Crippen molar-refractivity contribution in [3.63, 3.8) is 0 Å². The highest BCUT2D eigenvalue weighted by molar-refractivity contribution is 7.90. The first-order chi connectivity index (χ1) is 9.06. The zero-order chi connectivity index (χ0) is 13.5. The Morgan fingerprint density at radius 1 is 1.21 bits per heavy atom. The van der Waals surface area contributed by atoms with Crippen molar-refractivity contribution in [2.75, 3.05) is 0 Å². The molecule has 0 aliphatic carbocycles. The molecule has 0 fully saturated rings.